The molecule has 4 aliphatic carbocycles. The molecule has 1 aliphatic heterocycles. The lowest BCUT2D eigenvalue weighted by atomic mass is 9.62. The van der Waals surface area contributed by atoms with Crippen LogP contribution in [0, 0.1) is 12.3 Å². The van der Waals surface area contributed by atoms with E-state index in [-0.39, 0.29) is 64.2 Å². The van der Waals surface area contributed by atoms with Crippen molar-refractivity contribution in [2.75, 3.05) is 14.2 Å². The number of aryl methyl sites for hydroxylation is 1. The number of carbonyl (C=O) groups excluding carboxylic acids is 5. The minimum atomic E-state index is -2.28. The fourth-order valence-electron chi connectivity index (χ4n) is 6.95. The number of phenols is 2. The molecule has 0 aromatic heterocycles. The van der Waals surface area contributed by atoms with Crippen LogP contribution < -0.4 is 4.74 Å². The molecule has 12 heteroatoms. The van der Waals surface area contributed by atoms with E-state index >= 15 is 0 Å². The van der Waals surface area contributed by atoms with Gasteiger partial charge in [-0.1, -0.05) is 12.2 Å². The predicted molar refractivity (Wildman–Crippen MR) is 149 cm³/mol. The summed E-state index contributed by atoms with van der Waals surface area (Å²) in [6, 6.07) is 4.19. The van der Waals surface area contributed by atoms with Crippen LogP contribution in [0.25, 0.3) is 5.76 Å². The number of phenolic OH excluding ortho intramolecular Hbond substituents is 2. The lowest BCUT2D eigenvalue weighted by Gasteiger charge is -2.39. The molecule has 4 N–H and O–H groups in total. The number of hydrogen-bond acceptors (Lipinski definition) is 12. The second-order valence-electron chi connectivity index (χ2n) is 11.5. The first kappa shape index (κ1) is 29.1. The minimum Gasteiger partial charge on any atom is -0.507 e. The number of aromatic hydroxyl groups is 2. The summed E-state index contributed by atoms with van der Waals surface area (Å²) in [4.78, 5) is 66.4. The summed E-state index contributed by atoms with van der Waals surface area (Å²) >= 11 is 0. The number of fused-ring (bicyclic) bond motifs is 2. The third kappa shape index (κ3) is 3.76. The zero-order valence-electron chi connectivity index (χ0n) is 23.9. The van der Waals surface area contributed by atoms with Gasteiger partial charge in [-0.3, -0.25) is 19.2 Å². The maximum absolute atomic E-state index is 14.1. The first-order chi connectivity index (χ1) is 20.8. The highest BCUT2D eigenvalue weighted by atomic mass is 16.6. The summed E-state index contributed by atoms with van der Waals surface area (Å²) in [6.07, 6.45) is -0.390. The van der Waals surface area contributed by atoms with E-state index in [9.17, 15) is 44.4 Å². The van der Waals surface area contributed by atoms with Crippen molar-refractivity contribution < 1.29 is 58.6 Å². The van der Waals surface area contributed by atoms with Crippen molar-refractivity contribution >= 4 is 35.0 Å². The molecule has 0 radical (unpaired) electrons. The zero-order valence-corrected chi connectivity index (χ0v) is 23.9. The first-order valence-corrected chi connectivity index (χ1v) is 13.8. The van der Waals surface area contributed by atoms with Crippen LogP contribution in [-0.4, -0.2) is 75.6 Å². The van der Waals surface area contributed by atoms with Crippen molar-refractivity contribution in [3.05, 3.63) is 69.3 Å². The highest BCUT2D eigenvalue weighted by molar-refractivity contribution is 6.23. The Morgan fingerprint density at radius 3 is 2.45 bits per heavy atom. The van der Waals surface area contributed by atoms with Crippen LogP contribution >= 0.6 is 0 Å². The molecule has 1 spiro atoms. The number of aliphatic hydroxyl groups is 2. The molecule has 2 aromatic rings. The van der Waals surface area contributed by atoms with E-state index in [1.54, 1.807) is 6.92 Å². The second-order valence-corrected chi connectivity index (χ2v) is 11.5. The molecule has 2 aromatic carbocycles. The minimum absolute atomic E-state index is 0.00939. The largest absolute Gasteiger partial charge is 0.507 e. The van der Waals surface area contributed by atoms with E-state index in [2.05, 4.69) is 4.74 Å². The summed E-state index contributed by atoms with van der Waals surface area (Å²) in [5, 5.41) is 44.5. The molecule has 1 heterocycles. The topological polar surface area (TPSA) is 194 Å². The number of ether oxygens (including phenoxy) is 3. The molecule has 2 bridgehead atoms. The number of methoxy groups -OCH3 is 2. The summed E-state index contributed by atoms with van der Waals surface area (Å²) < 4.78 is 15.5. The Labute approximate surface area is 250 Å². The van der Waals surface area contributed by atoms with E-state index < -0.39 is 70.3 Å². The van der Waals surface area contributed by atoms with Crippen molar-refractivity contribution in [3.8, 4) is 17.2 Å². The van der Waals surface area contributed by atoms with Gasteiger partial charge in [0, 0.05) is 17.5 Å². The molecule has 0 amide bonds. The summed E-state index contributed by atoms with van der Waals surface area (Å²) in [5.74, 6) is -6.84. The molecule has 44 heavy (non-hydrogen) atoms. The normalized spacial score (nSPS) is 25.3. The zero-order chi connectivity index (χ0) is 31.9. The Morgan fingerprint density at radius 2 is 1.77 bits per heavy atom. The van der Waals surface area contributed by atoms with Crippen molar-refractivity contribution in [1.29, 1.82) is 0 Å². The molecule has 0 saturated carbocycles. The van der Waals surface area contributed by atoms with Crippen LogP contribution in [0.3, 0.4) is 0 Å². The molecular weight excluding hydrogens is 576 g/mol. The Balaban J connectivity index is 1.52. The Bertz CT molecular complexity index is 1780. The smallest absolute Gasteiger partial charge is 0.353 e. The number of ketones is 3. The van der Waals surface area contributed by atoms with Gasteiger partial charge in [-0.25, -0.2) is 4.79 Å². The lowest BCUT2D eigenvalue weighted by molar-refractivity contribution is -0.172. The van der Waals surface area contributed by atoms with Gasteiger partial charge in [-0.15, -0.1) is 0 Å². The third-order valence-electron chi connectivity index (χ3n) is 9.02. The van der Waals surface area contributed by atoms with Crippen LogP contribution in [-0.2, 0) is 30.3 Å². The number of hydrogen-bond donors (Lipinski definition) is 4. The first-order valence-electron chi connectivity index (χ1n) is 13.8. The molecule has 5 aliphatic rings. The second kappa shape index (κ2) is 9.78. The highest BCUT2D eigenvalue weighted by Gasteiger charge is 2.58. The SMILES string of the molecule is COC(=O)CC[C@H](O)[C@]1(C(=O)OC)CC(=O)c2c(cc3c(c2O)[C@H]2C=C[C@@]4(C3)C(=O)c3cc(C)cc(O)c3C(O)=C4C2=O)O1. The monoisotopic (exact) mass is 604 g/mol. The number of benzene rings is 2. The summed E-state index contributed by atoms with van der Waals surface area (Å²) in [5.41, 5.74) is -3.93. The quantitative estimate of drug-likeness (QED) is 0.288. The number of esters is 2. The number of rotatable bonds is 5. The molecule has 0 unspecified atom stereocenters. The molecule has 4 atom stereocenters. The average molecular weight is 605 g/mol. The van der Waals surface area contributed by atoms with Crippen molar-refractivity contribution in [2.24, 2.45) is 5.41 Å². The van der Waals surface area contributed by atoms with Crippen LogP contribution in [0.1, 0.15) is 68.2 Å². The van der Waals surface area contributed by atoms with Gasteiger partial charge >= 0.3 is 11.9 Å². The van der Waals surface area contributed by atoms with Crippen molar-refractivity contribution in [3.63, 3.8) is 0 Å². The third-order valence-corrected chi connectivity index (χ3v) is 9.02. The average Bonchev–Trinajstić information content (AvgIpc) is 3.21. The van der Waals surface area contributed by atoms with E-state index in [1.165, 1.54) is 30.4 Å². The number of carbonyl (C=O) groups is 5. The Hall–Kier alpha value is -4.97. The summed E-state index contributed by atoms with van der Waals surface area (Å²) in [6.45, 7) is 1.66. The molecule has 0 fully saturated rings. The summed E-state index contributed by atoms with van der Waals surface area (Å²) in [7, 11) is 2.19. The van der Waals surface area contributed by atoms with E-state index in [0.717, 1.165) is 14.2 Å². The molecular formula is C32H28O12. The van der Waals surface area contributed by atoms with Crippen LogP contribution in [0.4, 0.5) is 0 Å². The van der Waals surface area contributed by atoms with Gasteiger partial charge in [0.2, 0.25) is 5.60 Å². The fraction of sp³-hybridized carbons (Fsp3) is 0.344. The van der Waals surface area contributed by atoms with Gasteiger partial charge in [-0.2, -0.15) is 0 Å². The van der Waals surface area contributed by atoms with Crippen molar-refractivity contribution in [2.45, 2.75) is 50.2 Å². The molecule has 12 nitrogen and oxygen atoms in total. The van der Waals surface area contributed by atoms with Gasteiger partial charge in [0.05, 0.1) is 43.1 Å². The van der Waals surface area contributed by atoms with E-state index in [4.69, 9.17) is 9.47 Å². The Morgan fingerprint density at radius 1 is 1.05 bits per heavy atom. The van der Waals surface area contributed by atoms with Gasteiger partial charge in [0.25, 0.3) is 0 Å². The van der Waals surface area contributed by atoms with E-state index in [1.807, 2.05) is 0 Å². The lowest BCUT2D eigenvalue weighted by Crippen LogP contribution is -2.58. The number of aliphatic hydroxyl groups excluding tert-OH is 2. The standard InChI is InChI=1S/C32H28O12/c1-13-8-16-23(17(33)9-13)28(39)25-26(37)15-6-7-31(25,29(16)40)11-14-10-19-24(27(38)22(14)15)18(34)12-32(44-19,30(41)43-3)20(35)4-5-21(36)42-2/h6-10,15,20,33,35,38-39H,4-5,11-12H2,1-3H3/t15-,20+,31+,32+/m1/s1. The number of allylic oxidation sites excluding steroid dienone is 3. The van der Waals surface area contributed by atoms with E-state index in [0.29, 0.717) is 5.56 Å². The fourth-order valence-corrected chi connectivity index (χ4v) is 6.95. The van der Waals surface area contributed by atoms with Crippen LogP contribution in [0.2, 0.25) is 0 Å². The Kier molecular flexibility index (Phi) is 6.47. The van der Waals surface area contributed by atoms with Gasteiger partial charge in [0.15, 0.2) is 17.3 Å². The van der Waals surface area contributed by atoms with Gasteiger partial charge in [-0.05, 0) is 49.1 Å². The molecule has 0 saturated heterocycles. The maximum Gasteiger partial charge on any atom is 0.353 e. The van der Waals surface area contributed by atoms with Gasteiger partial charge in [0.1, 0.15) is 34.7 Å². The highest BCUT2D eigenvalue weighted by Crippen LogP contribution is 2.58. The van der Waals surface area contributed by atoms with Crippen LogP contribution in [0.5, 0.6) is 17.2 Å². The van der Waals surface area contributed by atoms with Crippen LogP contribution in [0.15, 0.2) is 35.9 Å². The maximum atomic E-state index is 14.1. The molecule has 7 rings (SSSR count). The number of Topliss-reactive ketones (excluding diaryl/α,β-unsaturated/α-hetero) is 3. The molecule has 228 valence electrons. The van der Waals surface area contributed by atoms with Gasteiger partial charge < -0.3 is 34.6 Å². The van der Waals surface area contributed by atoms with Crippen molar-refractivity contribution in [1.82, 2.24) is 0 Å². The predicted octanol–water partition coefficient (Wildman–Crippen LogP) is 2.53.